The maximum Gasteiger partial charge on any atom is 0.0867 e. The predicted octanol–water partition coefficient (Wildman–Crippen LogP) is 4.74. The Balaban J connectivity index is 3.15. The van der Waals surface area contributed by atoms with Crippen LogP contribution in [-0.2, 0) is 11.2 Å². The summed E-state index contributed by atoms with van der Waals surface area (Å²) in [6.07, 6.45) is 3.14. The van der Waals surface area contributed by atoms with E-state index < -0.39 is 0 Å². The minimum atomic E-state index is -0.132. The fraction of sp³-hybridized carbons (Fsp3) is 0.684. The van der Waals surface area contributed by atoms with E-state index >= 15 is 0 Å². The maximum atomic E-state index is 5.96. The van der Waals surface area contributed by atoms with Crippen LogP contribution in [0.4, 0.5) is 0 Å². The lowest BCUT2D eigenvalue weighted by Crippen LogP contribution is -2.44. The van der Waals surface area contributed by atoms with Gasteiger partial charge in [-0.3, -0.25) is 0 Å². The van der Waals surface area contributed by atoms with E-state index in [0.717, 1.165) is 25.8 Å². The van der Waals surface area contributed by atoms with E-state index in [1.54, 1.807) is 0 Å². The predicted molar refractivity (Wildman–Crippen MR) is 91.7 cm³/mol. The van der Waals surface area contributed by atoms with Crippen LogP contribution in [0.15, 0.2) is 24.3 Å². The molecular formula is C19H33NO. The summed E-state index contributed by atoms with van der Waals surface area (Å²) in [5, 5.41) is 3.65. The largest absolute Gasteiger partial charge is 0.376 e. The Morgan fingerprint density at radius 1 is 1.14 bits per heavy atom. The first-order valence-electron chi connectivity index (χ1n) is 8.40. The third-order valence-corrected chi connectivity index (χ3v) is 4.47. The molecule has 120 valence electrons. The highest BCUT2D eigenvalue weighted by molar-refractivity contribution is 5.28. The summed E-state index contributed by atoms with van der Waals surface area (Å²) in [4.78, 5) is 0. The quantitative estimate of drug-likeness (QED) is 0.709. The number of rotatable bonds is 9. The standard InChI is InChI=1S/C19H33NO/c1-7-19(8-2,21-6)18(20-9-3)17-12-10-11-16(14-17)13-15(4)5/h10-12,14-15,18,20H,7-9,13H2,1-6H3. The van der Waals surface area contributed by atoms with Crippen LogP contribution >= 0.6 is 0 Å². The third kappa shape index (κ3) is 4.55. The Morgan fingerprint density at radius 3 is 2.29 bits per heavy atom. The maximum absolute atomic E-state index is 5.96. The minimum Gasteiger partial charge on any atom is -0.376 e. The van der Waals surface area contributed by atoms with Gasteiger partial charge in [-0.15, -0.1) is 0 Å². The van der Waals surface area contributed by atoms with Crippen molar-refractivity contribution in [2.45, 2.75) is 65.5 Å². The van der Waals surface area contributed by atoms with Gasteiger partial charge in [-0.2, -0.15) is 0 Å². The molecule has 0 aliphatic rings. The number of benzene rings is 1. The van der Waals surface area contributed by atoms with Crippen LogP contribution in [0.25, 0.3) is 0 Å². The monoisotopic (exact) mass is 291 g/mol. The van der Waals surface area contributed by atoms with Gasteiger partial charge in [-0.05, 0) is 42.9 Å². The second-order valence-electron chi connectivity index (χ2n) is 6.31. The molecule has 0 fully saturated rings. The van der Waals surface area contributed by atoms with Gasteiger partial charge >= 0.3 is 0 Å². The normalized spacial score (nSPS) is 13.7. The summed E-state index contributed by atoms with van der Waals surface area (Å²) in [5.74, 6) is 0.683. The van der Waals surface area contributed by atoms with E-state index in [0.29, 0.717) is 5.92 Å². The van der Waals surface area contributed by atoms with E-state index in [2.05, 4.69) is 64.2 Å². The average Bonchev–Trinajstić information content (AvgIpc) is 2.48. The molecule has 0 radical (unpaired) electrons. The lowest BCUT2D eigenvalue weighted by atomic mass is 9.83. The molecule has 0 spiro atoms. The number of likely N-dealkylation sites (N-methyl/N-ethyl adjacent to an activating group) is 1. The molecule has 2 heteroatoms. The third-order valence-electron chi connectivity index (χ3n) is 4.47. The Kier molecular flexibility index (Phi) is 7.41. The van der Waals surface area contributed by atoms with Crippen LogP contribution in [-0.4, -0.2) is 19.3 Å². The van der Waals surface area contributed by atoms with E-state index in [4.69, 9.17) is 4.74 Å². The van der Waals surface area contributed by atoms with Crippen molar-refractivity contribution >= 4 is 0 Å². The van der Waals surface area contributed by atoms with E-state index in [-0.39, 0.29) is 11.6 Å². The molecule has 0 heterocycles. The molecule has 1 unspecified atom stereocenters. The highest BCUT2D eigenvalue weighted by atomic mass is 16.5. The second kappa shape index (κ2) is 8.55. The van der Waals surface area contributed by atoms with Gasteiger partial charge in [-0.25, -0.2) is 0 Å². The second-order valence-corrected chi connectivity index (χ2v) is 6.31. The number of hydrogen-bond acceptors (Lipinski definition) is 2. The van der Waals surface area contributed by atoms with Gasteiger partial charge in [0.05, 0.1) is 11.6 Å². The molecule has 0 aliphatic carbocycles. The van der Waals surface area contributed by atoms with Gasteiger partial charge in [0, 0.05) is 7.11 Å². The first-order valence-corrected chi connectivity index (χ1v) is 8.40. The first-order chi connectivity index (χ1) is 10.0. The summed E-state index contributed by atoms with van der Waals surface area (Å²) in [6.45, 7) is 12.1. The SMILES string of the molecule is CCNC(c1cccc(CC(C)C)c1)C(CC)(CC)OC. The van der Waals surface area contributed by atoms with Crippen molar-refractivity contribution in [2.75, 3.05) is 13.7 Å². The lowest BCUT2D eigenvalue weighted by molar-refractivity contribution is -0.0482. The Labute approximate surface area is 131 Å². The zero-order valence-electron chi connectivity index (χ0n) is 14.7. The van der Waals surface area contributed by atoms with Crippen molar-refractivity contribution in [1.29, 1.82) is 0 Å². The molecule has 2 nitrogen and oxygen atoms in total. The first kappa shape index (κ1) is 18.2. The summed E-state index contributed by atoms with van der Waals surface area (Å²) in [5.41, 5.74) is 2.63. The van der Waals surface area contributed by atoms with Gasteiger partial charge in [0.2, 0.25) is 0 Å². The van der Waals surface area contributed by atoms with Crippen molar-refractivity contribution in [3.8, 4) is 0 Å². The molecule has 0 aliphatic heterocycles. The lowest BCUT2D eigenvalue weighted by Gasteiger charge is -2.39. The van der Waals surface area contributed by atoms with Crippen molar-refractivity contribution in [1.82, 2.24) is 5.32 Å². The molecule has 0 saturated heterocycles. The molecule has 1 aromatic carbocycles. The highest BCUT2D eigenvalue weighted by Crippen LogP contribution is 2.35. The van der Waals surface area contributed by atoms with E-state index in [1.807, 2.05) is 7.11 Å². The molecule has 0 amide bonds. The zero-order valence-corrected chi connectivity index (χ0v) is 14.7. The molecule has 1 rings (SSSR count). The zero-order chi connectivity index (χ0) is 15.9. The van der Waals surface area contributed by atoms with E-state index in [1.165, 1.54) is 11.1 Å². The van der Waals surface area contributed by atoms with Crippen molar-refractivity contribution in [3.05, 3.63) is 35.4 Å². The average molecular weight is 291 g/mol. The van der Waals surface area contributed by atoms with E-state index in [9.17, 15) is 0 Å². The summed E-state index contributed by atoms with van der Waals surface area (Å²) < 4.78 is 5.96. The molecule has 1 N–H and O–H groups in total. The van der Waals surface area contributed by atoms with Gasteiger partial charge in [0.1, 0.15) is 0 Å². The number of methoxy groups -OCH3 is 1. The van der Waals surface area contributed by atoms with Crippen molar-refractivity contribution < 1.29 is 4.74 Å². The van der Waals surface area contributed by atoms with Crippen LogP contribution in [0.1, 0.15) is 64.6 Å². The summed E-state index contributed by atoms with van der Waals surface area (Å²) in [7, 11) is 1.84. The Bertz CT molecular complexity index is 402. The molecule has 0 aromatic heterocycles. The topological polar surface area (TPSA) is 21.3 Å². The highest BCUT2D eigenvalue weighted by Gasteiger charge is 2.36. The number of ether oxygens (including phenoxy) is 1. The summed E-state index contributed by atoms with van der Waals surface area (Å²) >= 11 is 0. The van der Waals surface area contributed by atoms with Crippen LogP contribution in [0, 0.1) is 5.92 Å². The fourth-order valence-electron chi connectivity index (χ4n) is 3.25. The summed E-state index contributed by atoms with van der Waals surface area (Å²) in [6, 6.07) is 9.25. The van der Waals surface area contributed by atoms with Crippen molar-refractivity contribution in [3.63, 3.8) is 0 Å². The fourth-order valence-corrected chi connectivity index (χ4v) is 3.25. The van der Waals surface area contributed by atoms with Crippen LogP contribution in [0.3, 0.4) is 0 Å². The van der Waals surface area contributed by atoms with Crippen LogP contribution in [0.2, 0.25) is 0 Å². The van der Waals surface area contributed by atoms with Gasteiger partial charge in [0.25, 0.3) is 0 Å². The van der Waals surface area contributed by atoms with Crippen LogP contribution in [0.5, 0.6) is 0 Å². The molecule has 0 bridgehead atoms. The van der Waals surface area contributed by atoms with Crippen molar-refractivity contribution in [2.24, 2.45) is 5.92 Å². The number of nitrogens with one attached hydrogen (secondary N) is 1. The number of hydrogen-bond donors (Lipinski definition) is 1. The molecule has 0 saturated carbocycles. The molecule has 1 aromatic rings. The Hall–Kier alpha value is -0.860. The van der Waals surface area contributed by atoms with Gasteiger partial charge < -0.3 is 10.1 Å². The van der Waals surface area contributed by atoms with Gasteiger partial charge in [0.15, 0.2) is 0 Å². The molecule has 1 atom stereocenters. The Morgan fingerprint density at radius 2 is 1.81 bits per heavy atom. The minimum absolute atomic E-state index is 0.132. The van der Waals surface area contributed by atoms with Gasteiger partial charge in [-0.1, -0.05) is 58.9 Å². The molecular weight excluding hydrogens is 258 g/mol. The smallest absolute Gasteiger partial charge is 0.0867 e. The molecule has 21 heavy (non-hydrogen) atoms. The van der Waals surface area contributed by atoms with Crippen LogP contribution < -0.4 is 5.32 Å².